The number of rotatable bonds is 53. The van der Waals surface area contributed by atoms with E-state index in [9.17, 15) is 9.59 Å². The van der Waals surface area contributed by atoms with E-state index in [4.69, 9.17) is 79.7 Å². The Hall–Kier alpha value is 0.355. The second kappa shape index (κ2) is 39.7. The Morgan fingerprint density at radius 3 is 0.573 bits per heavy atom. The van der Waals surface area contributed by atoms with Crippen LogP contribution < -0.4 is 0 Å². The van der Waals surface area contributed by atoms with Gasteiger partial charge in [-0.15, -0.1) is 0 Å². The molecule has 0 amide bonds. The van der Waals surface area contributed by atoms with E-state index in [1.807, 2.05) is 0 Å². The van der Waals surface area contributed by atoms with Gasteiger partial charge in [-0.2, -0.15) is 0 Å². The molecule has 0 saturated carbocycles. The molecule has 0 N–H and O–H groups in total. The van der Waals surface area contributed by atoms with Crippen LogP contribution in [-0.4, -0.2) is 209 Å². The third kappa shape index (κ3) is 25.2. The molecule has 0 aromatic heterocycles. The number of hydrogen-bond donors (Lipinski definition) is 0. The minimum atomic E-state index is -2.86. The van der Waals surface area contributed by atoms with E-state index in [1.165, 1.54) is 6.92 Å². The first-order valence-corrected chi connectivity index (χ1v) is 43.9. The summed E-state index contributed by atoms with van der Waals surface area (Å²) in [6.45, 7) is 1.51. The van der Waals surface area contributed by atoms with Crippen molar-refractivity contribution < 1.29 is 89.3 Å². The van der Waals surface area contributed by atoms with Gasteiger partial charge in [-0.1, -0.05) is 99.7 Å². The van der Waals surface area contributed by atoms with Crippen molar-refractivity contribution in [2.75, 3.05) is 128 Å². The first-order chi connectivity index (χ1) is 35.7. The molecule has 0 aromatic carbocycles. The molecule has 0 bridgehead atoms. The first kappa shape index (κ1) is 75.4. The van der Waals surface area contributed by atoms with E-state index in [2.05, 4.69) is 0 Å². The number of carbonyl (C=O) groups is 2. The predicted molar refractivity (Wildman–Crippen MR) is 309 cm³/mol. The van der Waals surface area contributed by atoms with Crippen LogP contribution in [0, 0.1) is 5.92 Å². The van der Waals surface area contributed by atoms with Gasteiger partial charge in [-0.05, 0) is 19.8 Å². The summed E-state index contributed by atoms with van der Waals surface area (Å²) in [5.74, 6) is -0.362. The lowest BCUT2D eigenvalue weighted by atomic mass is 9.91. The summed E-state index contributed by atoms with van der Waals surface area (Å²) >= 11 is 0. The molecule has 0 aromatic rings. The summed E-state index contributed by atoms with van der Waals surface area (Å²) in [6.07, 6.45) is 8.20. The zero-order valence-corrected chi connectivity index (χ0v) is 58.4. The van der Waals surface area contributed by atoms with Gasteiger partial charge in [0.05, 0.1) is 22.6 Å². The minimum Gasteiger partial charge on any atom is -0.377 e. The highest BCUT2D eigenvalue weighted by Crippen LogP contribution is 2.41. The minimum absolute atomic E-state index is 0.0217. The SMILES string of the molecule is CO[Si](CCC[Si](CCCC(CCC[Si](CCC[Si](OC)(OC)OC)(CCC[Si](OC)(OC)OC)CCC[Si](OC)(OC)OC)C(=O)CC(C)=O)(CCC[Si](OC)(OC)OC)CCC[Si](OC)(OC)OC)(OC)OC. The summed E-state index contributed by atoms with van der Waals surface area (Å²) < 4.78 is 106. The van der Waals surface area contributed by atoms with Gasteiger partial charge in [0.25, 0.3) is 0 Å². The van der Waals surface area contributed by atoms with Gasteiger partial charge >= 0.3 is 52.8 Å². The molecule has 0 aliphatic rings. The molecule has 448 valence electrons. The lowest BCUT2D eigenvalue weighted by Crippen LogP contribution is -2.45. The topological polar surface area (TPSA) is 200 Å². The van der Waals surface area contributed by atoms with Crippen LogP contribution in [0.3, 0.4) is 0 Å². The van der Waals surface area contributed by atoms with Crippen molar-refractivity contribution in [1.29, 1.82) is 0 Å². The summed E-state index contributed by atoms with van der Waals surface area (Å²) in [6, 6.07) is 12.0. The van der Waals surface area contributed by atoms with E-state index in [0.717, 1.165) is 99.7 Å². The second-order valence-electron chi connectivity index (χ2n) is 19.7. The van der Waals surface area contributed by atoms with Gasteiger partial charge in [0, 0.05) is 170 Å². The maximum Gasteiger partial charge on any atom is 0.500 e. The largest absolute Gasteiger partial charge is 0.500 e. The quantitative estimate of drug-likeness (QED) is 0.0412. The van der Waals surface area contributed by atoms with Crippen molar-refractivity contribution in [3.63, 3.8) is 0 Å². The summed E-state index contributed by atoms with van der Waals surface area (Å²) in [5, 5.41) is 0. The second-order valence-corrected chi connectivity index (χ2v) is 48.3. The number of Topliss-reactive ketones (excluding diaryl/α,β-unsaturated/α-hetero) is 2. The average Bonchev–Trinajstić information content (AvgIpc) is 3.43. The molecule has 0 aliphatic heterocycles. The van der Waals surface area contributed by atoms with Crippen molar-refractivity contribution in [2.24, 2.45) is 5.92 Å². The molecule has 28 heteroatoms. The van der Waals surface area contributed by atoms with Crippen molar-refractivity contribution in [3.8, 4) is 0 Å². The fourth-order valence-electron chi connectivity index (χ4n) is 11.2. The third-order valence-corrected chi connectivity index (χ3v) is 44.4. The number of ketones is 2. The molecular weight excluding hydrogens is 1110 g/mol. The molecule has 0 spiro atoms. The molecule has 0 rings (SSSR count). The first-order valence-electron chi connectivity index (χ1n) is 26.7. The van der Waals surface area contributed by atoms with Crippen LogP contribution in [0.2, 0.25) is 84.6 Å². The van der Waals surface area contributed by atoms with E-state index in [0.29, 0.717) is 49.1 Å². The van der Waals surface area contributed by atoms with Crippen molar-refractivity contribution in [3.05, 3.63) is 0 Å². The van der Waals surface area contributed by atoms with E-state index >= 15 is 0 Å². The molecule has 75 heavy (non-hydrogen) atoms. The lowest BCUT2D eigenvalue weighted by Gasteiger charge is -2.36. The summed E-state index contributed by atoms with van der Waals surface area (Å²) in [4.78, 5) is 27.0. The van der Waals surface area contributed by atoms with Gasteiger partial charge in [0.1, 0.15) is 11.6 Å². The van der Waals surface area contributed by atoms with Crippen molar-refractivity contribution in [1.82, 2.24) is 0 Å². The van der Waals surface area contributed by atoms with Crippen LogP contribution in [-0.2, 0) is 89.3 Å². The van der Waals surface area contributed by atoms with Gasteiger partial charge in [-0.25, -0.2) is 0 Å². The van der Waals surface area contributed by atoms with Gasteiger partial charge in [-0.3, -0.25) is 9.59 Å². The zero-order chi connectivity index (χ0) is 57.1. The van der Waals surface area contributed by atoms with Crippen LogP contribution in [0.4, 0.5) is 0 Å². The Kier molecular flexibility index (Phi) is 39.9. The van der Waals surface area contributed by atoms with Crippen LogP contribution in [0.15, 0.2) is 0 Å². The molecule has 0 heterocycles. The highest BCUT2D eigenvalue weighted by atomic mass is 28.4. The third-order valence-electron chi connectivity index (χ3n) is 16.1. The number of carbonyl (C=O) groups excluding carboxylic acids is 2. The molecular formula is C47H108O20Si8. The predicted octanol–water partition coefficient (Wildman–Crippen LogP) is 9.22. The highest BCUT2D eigenvalue weighted by molar-refractivity contribution is 6.81. The average molecular weight is 1220 g/mol. The van der Waals surface area contributed by atoms with Gasteiger partial charge < -0.3 is 79.7 Å². The maximum atomic E-state index is 14.3. The molecule has 0 atom stereocenters. The summed E-state index contributed by atoms with van der Waals surface area (Å²) in [5.41, 5.74) is 0. The Labute approximate surface area is 463 Å². The number of hydrogen-bond acceptors (Lipinski definition) is 20. The lowest BCUT2D eigenvalue weighted by molar-refractivity contribution is -0.128. The van der Waals surface area contributed by atoms with Crippen LogP contribution in [0.5, 0.6) is 0 Å². The molecule has 20 nitrogen and oxygen atoms in total. The monoisotopic (exact) mass is 1220 g/mol. The Balaban J connectivity index is 7.41. The van der Waals surface area contributed by atoms with Gasteiger partial charge in [0.15, 0.2) is 0 Å². The van der Waals surface area contributed by atoms with E-state index < -0.39 is 69.0 Å². The smallest absolute Gasteiger partial charge is 0.377 e. The van der Waals surface area contributed by atoms with Crippen LogP contribution in [0.1, 0.15) is 77.6 Å². The Bertz CT molecular complexity index is 1200. The fourth-order valence-corrected chi connectivity index (χ4v) is 34.1. The van der Waals surface area contributed by atoms with E-state index in [-0.39, 0.29) is 23.9 Å². The van der Waals surface area contributed by atoms with E-state index in [1.54, 1.807) is 128 Å². The zero-order valence-electron chi connectivity index (χ0n) is 50.4. The standard InChI is InChI=1S/C47H108O20Si8/c1-45(48)44-47(49)46(28-20-30-68(32-22-38-70(50-2,51-3)52-4,33-23-39-71(53-5,54-6)55-7)34-24-40-72(56-8,57-9)58-10)29-21-31-69(35-25-41-73(59-11,60-12)61-13,36-26-42-74(62-14,63-15)64-16)37-27-43-75(65-17,66-18)67-19/h46H,20-44H2,1-19H3. The summed E-state index contributed by atoms with van der Waals surface area (Å²) in [7, 11) is 8.24. The van der Waals surface area contributed by atoms with Gasteiger partial charge in [0.2, 0.25) is 0 Å². The Morgan fingerprint density at radius 2 is 0.427 bits per heavy atom. The molecule has 0 radical (unpaired) electrons. The molecule has 0 aliphatic carbocycles. The molecule has 0 saturated heterocycles. The molecule has 0 fully saturated rings. The van der Waals surface area contributed by atoms with Crippen LogP contribution in [0.25, 0.3) is 0 Å². The highest BCUT2D eigenvalue weighted by Gasteiger charge is 2.46. The Morgan fingerprint density at radius 1 is 0.267 bits per heavy atom. The van der Waals surface area contributed by atoms with Crippen LogP contribution >= 0.6 is 0 Å². The molecule has 0 unspecified atom stereocenters. The fraction of sp³-hybridized carbons (Fsp3) is 0.957. The normalized spacial score (nSPS) is 13.7. The van der Waals surface area contributed by atoms with Crippen molar-refractivity contribution in [2.45, 2.75) is 162 Å². The maximum absolute atomic E-state index is 14.3. The van der Waals surface area contributed by atoms with Crippen molar-refractivity contribution >= 4 is 80.5 Å².